The fourth-order valence-corrected chi connectivity index (χ4v) is 1.52. The molecule has 1 aliphatic heterocycles. The van der Waals surface area contributed by atoms with E-state index in [1.807, 2.05) is 6.92 Å². The SMILES string of the molecule is CCC(CO)(CO)N1CC(N)C1=O. The number of nitrogens with zero attached hydrogens (tertiary/aromatic N) is 1. The van der Waals surface area contributed by atoms with Gasteiger partial charge in [-0.05, 0) is 6.42 Å². The second-order valence-electron chi connectivity index (χ2n) is 3.45. The summed E-state index contributed by atoms with van der Waals surface area (Å²) in [5.41, 5.74) is 4.61. The Hall–Kier alpha value is -0.650. The molecular weight excluding hydrogens is 172 g/mol. The second-order valence-corrected chi connectivity index (χ2v) is 3.45. The number of rotatable bonds is 4. The third kappa shape index (κ3) is 1.43. The summed E-state index contributed by atoms with van der Waals surface area (Å²) in [7, 11) is 0. The van der Waals surface area contributed by atoms with Gasteiger partial charge in [-0.2, -0.15) is 0 Å². The highest BCUT2D eigenvalue weighted by molar-refractivity contribution is 5.88. The summed E-state index contributed by atoms with van der Waals surface area (Å²) in [6.07, 6.45) is 0.526. The number of amides is 1. The van der Waals surface area contributed by atoms with Crippen molar-refractivity contribution >= 4 is 5.91 Å². The molecule has 5 nitrogen and oxygen atoms in total. The van der Waals surface area contributed by atoms with Gasteiger partial charge in [0.1, 0.15) is 6.04 Å². The summed E-state index contributed by atoms with van der Waals surface area (Å²) in [6.45, 7) is 1.80. The van der Waals surface area contributed by atoms with Crippen LogP contribution in [0.5, 0.6) is 0 Å². The van der Waals surface area contributed by atoms with Crippen molar-refractivity contribution < 1.29 is 15.0 Å². The normalized spacial score (nSPS) is 23.2. The van der Waals surface area contributed by atoms with Crippen molar-refractivity contribution in [1.82, 2.24) is 4.90 Å². The molecule has 4 N–H and O–H groups in total. The standard InChI is InChI=1S/C8H16N2O3/c1-2-8(4-11,5-12)10-3-6(9)7(10)13/h6,11-12H,2-5,9H2,1H3. The predicted octanol–water partition coefficient (Wildman–Crippen LogP) is -1.71. The molecule has 1 rings (SSSR count). The number of hydrogen-bond acceptors (Lipinski definition) is 4. The van der Waals surface area contributed by atoms with Crippen molar-refractivity contribution in [3.8, 4) is 0 Å². The molecule has 0 radical (unpaired) electrons. The quantitative estimate of drug-likeness (QED) is 0.458. The lowest BCUT2D eigenvalue weighted by atomic mass is 9.90. The Morgan fingerprint density at radius 2 is 2.15 bits per heavy atom. The third-order valence-electron chi connectivity index (χ3n) is 2.78. The van der Waals surface area contributed by atoms with E-state index in [1.54, 1.807) is 0 Å². The van der Waals surface area contributed by atoms with Gasteiger partial charge in [0.25, 0.3) is 0 Å². The van der Waals surface area contributed by atoms with Crippen LogP contribution in [-0.2, 0) is 4.79 Å². The van der Waals surface area contributed by atoms with Crippen LogP contribution in [0.15, 0.2) is 0 Å². The summed E-state index contributed by atoms with van der Waals surface area (Å²) in [4.78, 5) is 12.7. The molecule has 0 aromatic heterocycles. The molecule has 1 aliphatic rings. The summed E-state index contributed by atoms with van der Waals surface area (Å²) < 4.78 is 0. The number of carbonyl (C=O) groups is 1. The molecular formula is C8H16N2O3. The van der Waals surface area contributed by atoms with Crippen LogP contribution in [0.4, 0.5) is 0 Å². The van der Waals surface area contributed by atoms with Crippen LogP contribution in [0, 0.1) is 0 Å². The van der Waals surface area contributed by atoms with Gasteiger partial charge < -0.3 is 20.8 Å². The molecule has 1 unspecified atom stereocenters. The molecule has 0 bridgehead atoms. The van der Waals surface area contributed by atoms with Crippen LogP contribution in [0.1, 0.15) is 13.3 Å². The number of aliphatic hydroxyl groups is 2. The van der Waals surface area contributed by atoms with Gasteiger partial charge in [0.2, 0.25) is 5.91 Å². The smallest absolute Gasteiger partial charge is 0.242 e. The zero-order chi connectivity index (χ0) is 10.1. The first-order valence-corrected chi connectivity index (χ1v) is 4.40. The summed E-state index contributed by atoms with van der Waals surface area (Å²) in [5, 5.41) is 18.2. The van der Waals surface area contributed by atoms with Gasteiger partial charge in [0.15, 0.2) is 0 Å². The summed E-state index contributed by atoms with van der Waals surface area (Å²) >= 11 is 0. The van der Waals surface area contributed by atoms with Gasteiger partial charge in [-0.1, -0.05) is 6.92 Å². The zero-order valence-corrected chi connectivity index (χ0v) is 7.73. The van der Waals surface area contributed by atoms with Crippen molar-refractivity contribution in [1.29, 1.82) is 0 Å². The van der Waals surface area contributed by atoms with Crippen molar-refractivity contribution in [3.05, 3.63) is 0 Å². The lowest BCUT2D eigenvalue weighted by Crippen LogP contribution is -2.71. The Morgan fingerprint density at radius 1 is 1.62 bits per heavy atom. The van der Waals surface area contributed by atoms with Gasteiger partial charge in [0, 0.05) is 6.54 Å². The molecule has 1 heterocycles. The van der Waals surface area contributed by atoms with E-state index in [9.17, 15) is 4.79 Å². The van der Waals surface area contributed by atoms with Crippen LogP contribution in [0.2, 0.25) is 0 Å². The van der Waals surface area contributed by atoms with E-state index in [1.165, 1.54) is 4.90 Å². The molecule has 1 amide bonds. The van der Waals surface area contributed by atoms with Crippen molar-refractivity contribution in [3.63, 3.8) is 0 Å². The predicted molar refractivity (Wildman–Crippen MR) is 46.9 cm³/mol. The van der Waals surface area contributed by atoms with Crippen molar-refractivity contribution in [2.24, 2.45) is 5.73 Å². The van der Waals surface area contributed by atoms with E-state index >= 15 is 0 Å². The highest BCUT2D eigenvalue weighted by Gasteiger charge is 2.46. The molecule has 5 heteroatoms. The number of nitrogens with two attached hydrogens (primary N) is 1. The van der Waals surface area contributed by atoms with Gasteiger partial charge in [0.05, 0.1) is 18.8 Å². The fourth-order valence-electron chi connectivity index (χ4n) is 1.52. The Morgan fingerprint density at radius 3 is 2.38 bits per heavy atom. The minimum Gasteiger partial charge on any atom is -0.394 e. The lowest BCUT2D eigenvalue weighted by molar-refractivity contribution is -0.158. The molecule has 1 saturated heterocycles. The first-order chi connectivity index (χ1) is 6.11. The van der Waals surface area contributed by atoms with Gasteiger partial charge in [-0.15, -0.1) is 0 Å². The first kappa shape index (κ1) is 10.4. The molecule has 13 heavy (non-hydrogen) atoms. The zero-order valence-electron chi connectivity index (χ0n) is 7.73. The topological polar surface area (TPSA) is 86.8 Å². The number of carbonyl (C=O) groups excluding carboxylic acids is 1. The van der Waals surface area contributed by atoms with E-state index in [0.29, 0.717) is 13.0 Å². The first-order valence-electron chi connectivity index (χ1n) is 4.40. The fraction of sp³-hybridized carbons (Fsp3) is 0.875. The largest absolute Gasteiger partial charge is 0.394 e. The molecule has 0 saturated carbocycles. The maximum atomic E-state index is 11.3. The van der Waals surface area contributed by atoms with E-state index in [4.69, 9.17) is 15.9 Å². The highest BCUT2D eigenvalue weighted by atomic mass is 16.3. The maximum absolute atomic E-state index is 11.3. The Bertz CT molecular complexity index is 195. The van der Waals surface area contributed by atoms with Crippen LogP contribution in [0.3, 0.4) is 0 Å². The second kappa shape index (κ2) is 3.61. The van der Waals surface area contributed by atoms with Crippen LogP contribution >= 0.6 is 0 Å². The average molecular weight is 188 g/mol. The molecule has 1 fully saturated rings. The van der Waals surface area contributed by atoms with E-state index < -0.39 is 11.6 Å². The number of likely N-dealkylation sites (tertiary alicyclic amines) is 1. The minimum atomic E-state index is -0.813. The monoisotopic (exact) mass is 188 g/mol. The molecule has 0 spiro atoms. The van der Waals surface area contributed by atoms with Crippen molar-refractivity contribution in [2.75, 3.05) is 19.8 Å². The van der Waals surface area contributed by atoms with Crippen molar-refractivity contribution in [2.45, 2.75) is 24.9 Å². The molecule has 1 atom stereocenters. The third-order valence-corrected chi connectivity index (χ3v) is 2.78. The number of β-lactam (4-membered cyclic amide) rings is 1. The van der Waals surface area contributed by atoms with E-state index in [-0.39, 0.29) is 19.1 Å². The average Bonchev–Trinajstić information content (AvgIpc) is 2.19. The summed E-state index contributed by atoms with van der Waals surface area (Å²) in [5.74, 6) is -0.190. The van der Waals surface area contributed by atoms with Gasteiger partial charge in [-0.3, -0.25) is 4.79 Å². The van der Waals surface area contributed by atoms with Crippen LogP contribution in [-0.4, -0.2) is 52.4 Å². The van der Waals surface area contributed by atoms with Gasteiger partial charge >= 0.3 is 0 Å². The maximum Gasteiger partial charge on any atom is 0.242 e. The number of aliphatic hydroxyl groups excluding tert-OH is 2. The highest BCUT2D eigenvalue weighted by Crippen LogP contribution is 2.25. The summed E-state index contributed by atoms with van der Waals surface area (Å²) in [6, 6.07) is -0.455. The Kier molecular flexibility index (Phi) is 2.90. The molecule has 0 aromatic rings. The Balaban J connectivity index is 2.72. The minimum absolute atomic E-state index is 0.190. The lowest BCUT2D eigenvalue weighted by Gasteiger charge is -2.49. The van der Waals surface area contributed by atoms with E-state index in [2.05, 4.69) is 0 Å². The molecule has 0 aromatic carbocycles. The van der Waals surface area contributed by atoms with Crippen LogP contribution < -0.4 is 5.73 Å². The Labute approximate surface area is 77.1 Å². The molecule has 76 valence electrons. The number of hydrogen-bond donors (Lipinski definition) is 3. The van der Waals surface area contributed by atoms with E-state index in [0.717, 1.165) is 0 Å². The molecule has 0 aliphatic carbocycles. The van der Waals surface area contributed by atoms with Crippen LogP contribution in [0.25, 0.3) is 0 Å². The van der Waals surface area contributed by atoms with Gasteiger partial charge in [-0.25, -0.2) is 0 Å².